The summed E-state index contributed by atoms with van der Waals surface area (Å²) < 4.78 is 34.4. The molecule has 0 heterocycles. The van der Waals surface area contributed by atoms with Gasteiger partial charge in [0.25, 0.3) is 10.0 Å². The van der Waals surface area contributed by atoms with E-state index in [0.717, 1.165) is 9.87 Å². The summed E-state index contributed by atoms with van der Waals surface area (Å²) in [5, 5.41) is 3.32. The predicted octanol–water partition coefficient (Wildman–Crippen LogP) is 5.18. The number of anilines is 1. The first kappa shape index (κ1) is 31.0. The van der Waals surface area contributed by atoms with Crippen LogP contribution in [0, 0.1) is 6.92 Å². The molecule has 8 nitrogen and oxygen atoms in total. The maximum Gasteiger partial charge on any atom is 0.264 e. The zero-order valence-electron chi connectivity index (χ0n) is 23.4. The quantitative estimate of drug-likeness (QED) is 0.316. The van der Waals surface area contributed by atoms with E-state index in [4.69, 9.17) is 16.3 Å². The Morgan fingerprint density at radius 1 is 0.975 bits per heavy atom. The van der Waals surface area contributed by atoms with Crippen molar-refractivity contribution in [3.05, 3.63) is 88.9 Å². The van der Waals surface area contributed by atoms with E-state index in [1.165, 1.54) is 17.0 Å². The summed E-state index contributed by atoms with van der Waals surface area (Å²) in [4.78, 5) is 28.3. The van der Waals surface area contributed by atoms with Crippen molar-refractivity contribution in [2.24, 2.45) is 0 Å². The number of hydrogen-bond acceptors (Lipinski definition) is 5. The van der Waals surface area contributed by atoms with Gasteiger partial charge in [-0.3, -0.25) is 13.9 Å². The smallest absolute Gasteiger partial charge is 0.264 e. The minimum Gasteiger partial charge on any atom is -0.494 e. The third kappa shape index (κ3) is 7.99. The van der Waals surface area contributed by atoms with Gasteiger partial charge in [-0.05, 0) is 88.7 Å². The average molecular weight is 586 g/mol. The molecule has 0 aliphatic rings. The van der Waals surface area contributed by atoms with Crippen LogP contribution in [-0.4, -0.2) is 50.4 Å². The first-order chi connectivity index (χ1) is 18.9. The van der Waals surface area contributed by atoms with Gasteiger partial charge >= 0.3 is 0 Å². The first-order valence-electron chi connectivity index (χ1n) is 13.1. The molecule has 1 N–H and O–H groups in total. The summed E-state index contributed by atoms with van der Waals surface area (Å²) in [6.45, 7) is 8.99. The van der Waals surface area contributed by atoms with E-state index in [2.05, 4.69) is 5.32 Å². The van der Waals surface area contributed by atoms with Crippen molar-refractivity contribution >= 4 is 39.1 Å². The van der Waals surface area contributed by atoms with Gasteiger partial charge in [0, 0.05) is 17.6 Å². The van der Waals surface area contributed by atoms with Crippen LogP contribution in [-0.2, 0) is 26.2 Å². The third-order valence-electron chi connectivity index (χ3n) is 6.16. The molecule has 0 saturated heterocycles. The Bertz CT molecular complexity index is 1410. The number of sulfonamides is 1. The zero-order valence-corrected chi connectivity index (χ0v) is 25.0. The molecule has 3 aromatic carbocycles. The Morgan fingerprint density at radius 2 is 1.62 bits per heavy atom. The van der Waals surface area contributed by atoms with E-state index < -0.39 is 28.5 Å². The van der Waals surface area contributed by atoms with Crippen molar-refractivity contribution in [1.29, 1.82) is 0 Å². The second kappa shape index (κ2) is 13.7. The van der Waals surface area contributed by atoms with E-state index in [1.807, 2.05) is 27.7 Å². The summed E-state index contributed by atoms with van der Waals surface area (Å²) in [7, 11) is -4.15. The molecule has 214 valence electrons. The van der Waals surface area contributed by atoms with Crippen LogP contribution in [0.3, 0.4) is 0 Å². The number of halogens is 1. The molecule has 0 unspecified atom stereocenters. The van der Waals surface area contributed by atoms with Gasteiger partial charge in [0.2, 0.25) is 11.8 Å². The van der Waals surface area contributed by atoms with Crippen LogP contribution in [0.5, 0.6) is 5.75 Å². The number of carbonyl (C=O) groups excluding carboxylic acids is 2. The van der Waals surface area contributed by atoms with Crippen LogP contribution in [0.25, 0.3) is 0 Å². The minimum atomic E-state index is -4.15. The molecule has 2 amide bonds. The molecule has 0 fully saturated rings. The highest BCUT2D eigenvalue weighted by atomic mass is 35.5. The van der Waals surface area contributed by atoms with Crippen molar-refractivity contribution in [1.82, 2.24) is 10.2 Å². The van der Waals surface area contributed by atoms with Gasteiger partial charge in [-0.15, -0.1) is 0 Å². The summed E-state index contributed by atoms with van der Waals surface area (Å²) in [5.41, 5.74) is 1.90. The first-order valence-corrected chi connectivity index (χ1v) is 14.9. The minimum absolute atomic E-state index is 0.0479. The number of carbonyl (C=O) groups is 2. The molecule has 0 aliphatic carbocycles. The van der Waals surface area contributed by atoms with Gasteiger partial charge in [-0.2, -0.15) is 0 Å². The second-order valence-corrected chi connectivity index (χ2v) is 12.0. The number of aryl methyl sites for hydroxylation is 1. The summed E-state index contributed by atoms with van der Waals surface area (Å²) in [6.07, 6.45) is 0. The van der Waals surface area contributed by atoms with Crippen molar-refractivity contribution in [3.63, 3.8) is 0 Å². The standard InChI is InChI=1S/C30H36ClN3O5S/c1-6-39-27-14-12-26(13-15-27)34(40(37,38)28-16-10-22(4)11-17-28)20-29(35)33(23(5)30(36)32-21(2)3)19-24-8-7-9-25(31)18-24/h7-18,21,23H,6,19-20H2,1-5H3,(H,32,36)/t23-/m0/s1. The van der Waals surface area contributed by atoms with Crippen LogP contribution in [0.4, 0.5) is 5.69 Å². The highest BCUT2D eigenvalue weighted by Gasteiger charge is 2.32. The van der Waals surface area contributed by atoms with Gasteiger partial charge in [0.1, 0.15) is 18.3 Å². The van der Waals surface area contributed by atoms with Crippen LogP contribution in [0.15, 0.2) is 77.7 Å². The number of nitrogens with one attached hydrogen (secondary N) is 1. The van der Waals surface area contributed by atoms with Gasteiger partial charge in [-0.25, -0.2) is 8.42 Å². The number of ether oxygens (including phenoxy) is 1. The molecule has 0 aliphatic heterocycles. The second-order valence-electron chi connectivity index (χ2n) is 9.74. The molecule has 0 spiro atoms. The summed E-state index contributed by atoms with van der Waals surface area (Å²) >= 11 is 6.18. The lowest BCUT2D eigenvalue weighted by atomic mass is 10.1. The lowest BCUT2D eigenvalue weighted by molar-refractivity contribution is -0.139. The zero-order chi connectivity index (χ0) is 29.4. The topological polar surface area (TPSA) is 96.0 Å². The lowest BCUT2D eigenvalue weighted by Crippen LogP contribution is -2.52. The lowest BCUT2D eigenvalue weighted by Gasteiger charge is -2.32. The maximum atomic E-state index is 13.9. The maximum absolute atomic E-state index is 13.9. The fourth-order valence-electron chi connectivity index (χ4n) is 4.06. The fourth-order valence-corrected chi connectivity index (χ4v) is 5.69. The molecule has 0 radical (unpaired) electrons. The van der Waals surface area contributed by atoms with Gasteiger partial charge in [0.05, 0.1) is 17.2 Å². The number of nitrogens with zero attached hydrogens (tertiary/aromatic N) is 2. The summed E-state index contributed by atoms with van der Waals surface area (Å²) in [5.74, 6) is -0.317. The van der Waals surface area contributed by atoms with Gasteiger partial charge in [-0.1, -0.05) is 41.4 Å². The molecule has 0 saturated carbocycles. The molecule has 0 aromatic heterocycles. The van der Waals surface area contributed by atoms with Crippen molar-refractivity contribution in [2.45, 2.75) is 58.1 Å². The number of rotatable bonds is 12. The molecule has 40 heavy (non-hydrogen) atoms. The van der Waals surface area contributed by atoms with E-state index in [1.54, 1.807) is 67.6 Å². The van der Waals surface area contributed by atoms with E-state index in [0.29, 0.717) is 28.6 Å². The molecule has 0 bridgehead atoms. The molecule has 3 aromatic rings. The normalized spacial score (nSPS) is 12.1. The Kier molecular flexibility index (Phi) is 10.6. The van der Waals surface area contributed by atoms with E-state index >= 15 is 0 Å². The average Bonchev–Trinajstić information content (AvgIpc) is 2.90. The number of amides is 2. The SMILES string of the molecule is CCOc1ccc(N(CC(=O)N(Cc2cccc(Cl)c2)[C@@H](C)C(=O)NC(C)C)S(=O)(=O)c2ccc(C)cc2)cc1. The molecular weight excluding hydrogens is 550 g/mol. The van der Waals surface area contributed by atoms with E-state index in [-0.39, 0.29) is 23.4 Å². The van der Waals surface area contributed by atoms with Gasteiger partial charge < -0.3 is 15.0 Å². The van der Waals surface area contributed by atoms with Crippen molar-refractivity contribution in [3.8, 4) is 5.75 Å². The highest BCUT2D eigenvalue weighted by Crippen LogP contribution is 2.27. The molecule has 10 heteroatoms. The van der Waals surface area contributed by atoms with Crippen LogP contribution in [0.1, 0.15) is 38.8 Å². The summed E-state index contributed by atoms with van der Waals surface area (Å²) in [6, 6.07) is 18.9. The van der Waals surface area contributed by atoms with Crippen LogP contribution >= 0.6 is 11.6 Å². The Labute approximate surface area is 241 Å². The molecular formula is C30H36ClN3O5S. The Balaban J connectivity index is 2.03. The Morgan fingerprint density at radius 3 is 2.20 bits per heavy atom. The highest BCUT2D eigenvalue weighted by molar-refractivity contribution is 7.92. The van der Waals surface area contributed by atoms with Crippen LogP contribution < -0.4 is 14.4 Å². The largest absolute Gasteiger partial charge is 0.494 e. The third-order valence-corrected chi connectivity index (χ3v) is 8.19. The predicted molar refractivity (Wildman–Crippen MR) is 158 cm³/mol. The fraction of sp³-hybridized carbons (Fsp3) is 0.333. The van der Waals surface area contributed by atoms with Crippen molar-refractivity contribution in [2.75, 3.05) is 17.5 Å². The number of benzene rings is 3. The van der Waals surface area contributed by atoms with Crippen LogP contribution in [0.2, 0.25) is 5.02 Å². The molecule has 1 atom stereocenters. The van der Waals surface area contributed by atoms with Crippen molar-refractivity contribution < 1.29 is 22.7 Å². The number of hydrogen-bond donors (Lipinski definition) is 1. The van der Waals surface area contributed by atoms with E-state index in [9.17, 15) is 18.0 Å². The molecule has 3 rings (SSSR count). The monoisotopic (exact) mass is 585 g/mol. The Hall–Kier alpha value is -3.56. The van der Waals surface area contributed by atoms with Gasteiger partial charge in [0.15, 0.2) is 0 Å².